The van der Waals surface area contributed by atoms with Crippen LogP contribution in [0, 0.1) is 5.92 Å². The molecule has 0 saturated heterocycles. The van der Waals surface area contributed by atoms with Gasteiger partial charge in [0.1, 0.15) is 0 Å². The van der Waals surface area contributed by atoms with Gasteiger partial charge in [-0.05, 0) is 91.1 Å². The summed E-state index contributed by atoms with van der Waals surface area (Å²) >= 11 is 0. The van der Waals surface area contributed by atoms with Gasteiger partial charge in [-0.2, -0.15) is 0 Å². The van der Waals surface area contributed by atoms with E-state index in [0.29, 0.717) is 13.0 Å². The fourth-order valence-electron chi connectivity index (χ4n) is 5.62. The van der Waals surface area contributed by atoms with E-state index in [1.54, 1.807) is 4.90 Å². The van der Waals surface area contributed by atoms with Gasteiger partial charge >= 0.3 is 5.97 Å². The first kappa shape index (κ1) is 48.3. The Bertz CT molecular complexity index is 941. The molecule has 0 spiro atoms. The van der Waals surface area contributed by atoms with E-state index in [1.165, 1.54) is 83.5 Å². The van der Waals surface area contributed by atoms with Crippen LogP contribution in [0.5, 0.6) is 0 Å². The number of hydrogen-bond acceptors (Lipinski definition) is 5. The van der Waals surface area contributed by atoms with Gasteiger partial charge in [-0.15, -0.1) is 0 Å². The number of likely N-dealkylation sites (N-methyl/N-ethyl adjacent to an activating group) is 1. The molecule has 2 N–H and O–H groups in total. The van der Waals surface area contributed by atoms with Gasteiger partial charge in [0.2, 0.25) is 11.8 Å². The van der Waals surface area contributed by atoms with Gasteiger partial charge in [-0.25, -0.2) is 0 Å². The van der Waals surface area contributed by atoms with E-state index >= 15 is 0 Å². The van der Waals surface area contributed by atoms with Crippen molar-refractivity contribution in [1.29, 1.82) is 0 Å². The van der Waals surface area contributed by atoms with Gasteiger partial charge in [0, 0.05) is 19.5 Å². The number of carbonyl (C=O) groups excluding carboxylic acids is 3. The molecule has 1 atom stereocenters. The number of carbonyl (C=O) groups is 3. The Labute approximate surface area is 314 Å². The van der Waals surface area contributed by atoms with Crippen LogP contribution >= 0.6 is 0 Å². The Balaban J connectivity index is 4.15. The van der Waals surface area contributed by atoms with Gasteiger partial charge in [0.15, 0.2) is 0 Å². The van der Waals surface area contributed by atoms with E-state index in [-0.39, 0.29) is 37.4 Å². The highest BCUT2D eigenvalue weighted by atomic mass is 16.5. The second-order valence-corrected chi connectivity index (χ2v) is 14.3. The Morgan fingerprint density at radius 1 is 0.529 bits per heavy atom. The Morgan fingerprint density at radius 2 is 0.941 bits per heavy atom. The first-order chi connectivity index (χ1) is 24.9. The normalized spacial score (nSPS) is 12.6. The molecule has 0 aliphatic carbocycles. The zero-order chi connectivity index (χ0) is 37.5. The fraction of sp³-hybridized carbons (Fsp3) is 0.750. The summed E-state index contributed by atoms with van der Waals surface area (Å²) in [6, 6.07) is 0. The number of amides is 2. The molecule has 0 aliphatic heterocycles. The second kappa shape index (κ2) is 38.6. The van der Waals surface area contributed by atoms with Crippen LogP contribution in [-0.4, -0.2) is 63.0 Å². The highest BCUT2D eigenvalue weighted by molar-refractivity contribution is 5.80. The summed E-state index contributed by atoms with van der Waals surface area (Å²) < 4.78 is 5.58. The number of esters is 1. The average molecular weight is 714 g/mol. The Morgan fingerprint density at radius 3 is 1.41 bits per heavy atom. The maximum Gasteiger partial charge on any atom is 0.312 e. The molecule has 0 rings (SSSR count). The number of nitrogens with zero attached hydrogens (tertiary/aromatic N) is 1. The van der Waals surface area contributed by atoms with E-state index in [1.807, 2.05) is 14.1 Å². The van der Waals surface area contributed by atoms with Crippen molar-refractivity contribution >= 4 is 17.8 Å². The second-order valence-electron chi connectivity index (χ2n) is 14.3. The molecule has 7 nitrogen and oxygen atoms in total. The summed E-state index contributed by atoms with van der Waals surface area (Å²) in [6.45, 7) is 5.41. The van der Waals surface area contributed by atoms with E-state index < -0.39 is 5.92 Å². The quantitative estimate of drug-likeness (QED) is 0.0383. The van der Waals surface area contributed by atoms with Crippen molar-refractivity contribution in [2.45, 2.75) is 168 Å². The molecule has 0 saturated carbocycles. The topological polar surface area (TPSA) is 87.7 Å². The monoisotopic (exact) mass is 714 g/mol. The molecule has 51 heavy (non-hydrogen) atoms. The SMILES string of the molecule is CCCCC/C=C\C/C=C\CCCCCCCCOC(=O)[C@@H](CNC(=O)CCCCCCC/C=C\C/C=C\CCCCC)CNC(=O)CN(C)C. The predicted octanol–water partition coefficient (Wildman–Crippen LogP) is 10.6. The van der Waals surface area contributed by atoms with Crippen molar-refractivity contribution in [1.82, 2.24) is 15.5 Å². The molecule has 0 aromatic heterocycles. The highest BCUT2D eigenvalue weighted by Gasteiger charge is 2.22. The lowest BCUT2D eigenvalue weighted by molar-refractivity contribution is -0.148. The van der Waals surface area contributed by atoms with Crippen LogP contribution in [0.2, 0.25) is 0 Å². The van der Waals surface area contributed by atoms with Gasteiger partial charge in [-0.1, -0.05) is 133 Å². The van der Waals surface area contributed by atoms with Crippen molar-refractivity contribution in [2.24, 2.45) is 5.92 Å². The molecule has 0 radical (unpaired) electrons. The lowest BCUT2D eigenvalue weighted by atomic mass is 10.1. The molecule has 0 heterocycles. The number of unbranched alkanes of at least 4 members (excludes halogenated alkanes) is 17. The minimum absolute atomic E-state index is 0.0526. The lowest BCUT2D eigenvalue weighted by Crippen LogP contribution is -2.43. The van der Waals surface area contributed by atoms with Crippen LogP contribution in [0.3, 0.4) is 0 Å². The molecule has 2 amide bonds. The largest absolute Gasteiger partial charge is 0.465 e. The smallest absolute Gasteiger partial charge is 0.312 e. The molecule has 0 aromatic carbocycles. The van der Waals surface area contributed by atoms with Crippen molar-refractivity contribution < 1.29 is 19.1 Å². The van der Waals surface area contributed by atoms with Crippen molar-refractivity contribution in [3.63, 3.8) is 0 Å². The van der Waals surface area contributed by atoms with Crippen molar-refractivity contribution in [3.8, 4) is 0 Å². The summed E-state index contributed by atoms with van der Waals surface area (Å²) in [5.74, 6) is -1.17. The third-order valence-electron chi connectivity index (χ3n) is 8.83. The third kappa shape index (κ3) is 36.9. The number of allylic oxidation sites excluding steroid dienone is 8. The van der Waals surface area contributed by atoms with E-state index in [2.05, 4.69) is 73.1 Å². The lowest BCUT2D eigenvalue weighted by Gasteiger charge is -2.18. The van der Waals surface area contributed by atoms with Gasteiger partial charge < -0.3 is 20.3 Å². The maximum absolute atomic E-state index is 12.9. The van der Waals surface area contributed by atoms with E-state index in [4.69, 9.17) is 4.74 Å². The minimum Gasteiger partial charge on any atom is -0.465 e. The molecule has 0 aromatic rings. The van der Waals surface area contributed by atoms with Crippen LogP contribution in [-0.2, 0) is 19.1 Å². The highest BCUT2D eigenvalue weighted by Crippen LogP contribution is 2.11. The summed E-state index contributed by atoms with van der Waals surface area (Å²) in [4.78, 5) is 39.4. The van der Waals surface area contributed by atoms with Gasteiger partial charge in [0.25, 0.3) is 0 Å². The Kier molecular flexibility index (Phi) is 36.5. The Hall–Kier alpha value is -2.67. The first-order valence-electron chi connectivity index (χ1n) is 20.8. The summed E-state index contributed by atoms with van der Waals surface area (Å²) in [7, 11) is 3.65. The zero-order valence-corrected chi connectivity index (χ0v) is 33.6. The molecular formula is C44H79N3O4. The standard InChI is InChI=1S/C44H79N3O4/c1-5-7-9-11-13-15-17-19-21-23-25-27-29-31-33-35-37-51-44(50)41(39-46-43(49)40-47(3)4)38-45-42(48)36-34-32-30-28-26-24-22-20-18-16-14-12-10-8-6-2/h13-16,19-22,41H,5-12,17-18,23-40H2,1-4H3,(H,45,48)(H,46,49)/b15-13-,16-14-,21-19-,22-20-/t41-/m0/s1. The summed E-state index contributed by atoms with van der Waals surface area (Å²) in [5, 5.41) is 5.74. The predicted molar refractivity (Wildman–Crippen MR) is 218 cm³/mol. The van der Waals surface area contributed by atoms with Crippen molar-refractivity contribution in [2.75, 3.05) is 40.3 Å². The molecular weight excluding hydrogens is 635 g/mol. The number of hydrogen-bond donors (Lipinski definition) is 2. The average Bonchev–Trinajstić information content (AvgIpc) is 3.10. The maximum atomic E-state index is 12.9. The van der Waals surface area contributed by atoms with Crippen LogP contribution in [0.4, 0.5) is 0 Å². The first-order valence-corrected chi connectivity index (χ1v) is 20.8. The number of nitrogens with one attached hydrogen (secondary N) is 2. The van der Waals surface area contributed by atoms with Gasteiger partial charge in [-0.3, -0.25) is 14.4 Å². The van der Waals surface area contributed by atoms with Gasteiger partial charge in [0.05, 0.1) is 19.1 Å². The minimum atomic E-state index is -0.603. The summed E-state index contributed by atoms with van der Waals surface area (Å²) in [6.07, 6.45) is 45.2. The van der Waals surface area contributed by atoms with Crippen LogP contribution < -0.4 is 10.6 Å². The van der Waals surface area contributed by atoms with E-state index in [9.17, 15) is 14.4 Å². The molecule has 0 bridgehead atoms. The molecule has 7 heteroatoms. The number of rotatable bonds is 36. The third-order valence-corrected chi connectivity index (χ3v) is 8.83. The van der Waals surface area contributed by atoms with Crippen LogP contribution in [0.15, 0.2) is 48.6 Å². The fourth-order valence-corrected chi connectivity index (χ4v) is 5.62. The van der Waals surface area contributed by atoms with Crippen molar-refractivity contribution in [3.05, 3.63) is 48.6 Å². The van der Waals surface area contributed by atoms with E-state index in [0.717, 1.165) is 64.2 Å². The summed E-state index contributed by atoms with van der Waals surface area (Å²) in [5.41, 5.74) is 0. The van der Waals surface area contributed by atoms with Crippen LogP contribution in [0.25, 0.3) is 0 Å². The van der Waals surface area contributed by atoms with Crippen LogP contribution in [0.1, 0.15) is 168 Å². The number of ether oxygens (including phenoxy) is 1. The molecule has 0 unspecified atom stereocenters. The molecule has 0 aliphatic rings. The zero-order valence-electron chi connectivity index (χ0n) is 33.6. The molecule has 0 fully saturated rings. The molecule has 294 valence electrons.